The van der Waals surface area contributed by atoms with Gasteiger partial charge in [0.2, 0.25) is 0 Å². The van der Waals surface area contributed by atoms with E-state index < -0.39 is 23.7 Å². The Balaban J connectivity index is 1.65. The lowest BCUT2D eigenvalue weighted by atomic mass is 10.2. The molecule has 2 aromatic carbocycles. The molecule has 0 aliphatic carbocycles. The minimum atomic E-state index is -0.649. The van der Waals surface area contributed by atoms with E-state index in [1.54, 1.807) is 36.4 Å². The number of imide groups is 1. The van der Waals surface area contributed by atoms with E-state index in [1.807, 2.05) is 18.2 Å². The molecule has 144 valence electrons. The van der Waals surface area contributed by atoms with E-state index in [9.17, 15) is 14.4 Å². The third kappa shape index (κ3) is 4.74. The van der Waals surface area contributed by atoms with Crippen molar-refractivity contribution in [1.82, 2.24) is 4.90 Å². The van der Waals surface area contributed by atoms with Gasteiger partial charge in [0.25, 0.3) is 11.1 Å². The van der Waals surface area contributed by atoms with E-state index in [0.29, 0.717) is 17.4 Å². The van der Waals surface area contributed by atoms with Crippen molar-refractivity contribution < 1.29 is 23.9 Å². The number of carbonyl (C=O) groups is 3. The largest absolute Gasteiger partial charge is 0.489 e. The van der Waals surface area contributed by atoms with Crippen molar-refractivity contribution in [2.24, 2.45) is 0 Å². The summed E-state index contributed by atoms with van der Waals surface area (Å²) in [5.41, 5.74) is 1.61. The average Bonchev–Trinajstić information content (AvgIpc) is 2.95. The Hall–Kier alpha value is -2.77. The second-order valence-electron chi connectivity index (χ2n) is 5.79. The fourth-order valence-electron chi connectivity index (χ4n) is 2.42. The van der Waals surface area contributed by atoms with E-state index in [-0.39, 0.29) is 4.91 Å². The van der Waals surface area contributed by atoms with Gasteiger partial charge < -0.3 is 9.47 Å². The third-order valence-electron chi connectivity index (χ3n) is 3.92. The molecule has 0 saturated carbocycles. The van der Waals surface area contributed by atoms with Crippen molar-refractivity contribution in [2.45, 2.75) is 6.61 Å². The zero-order valence-corrected chi connectivity index (χ0v) is 16.5. The number of methoxy groups -OCH3 is 1. The monoisotopic (exact) mass is 417 g/mol. The summed E-state index contributed by atoms with van der Waals surface area (Å²) in [5, 5.41) is 0.142. The maximum Gasteiger partial charge on any atom is 0.325 e. The van der Waals surface area contributed by atoms with Crippen molar-refractivity contribution >= 4 is 46.6 Å². The smallest absolute Gasteiger partial charge is 0.325 e. The lowest BCUT2D eigenvalue weighted by molar-refractivity contribution is -0.143. The number of nitrogens with zero attached hydrogens (tertiary/aromatic N) is 1. The molecule has 0 aromatic heterocycles. The first-order valence-electron chi connectivity index (χ1n) is 8.26. The average molecular weight is 418 g/mol. The zero-order chi connectivity index (χ0) is 20.1. The third-order valence-corrected chi connectivity index (χ3v) is 5.19. The van der Waals surface area contributed by atoms with Crippen LogP contribution in [-0.2, 0) is 20.9 Å². The normalized spacial score (nSPS) is 15.2. The minimum Gasteiger partial charge on any atom is -0.489 e. The van der Waals surface area contributed by atoms with Crippen molar-refractivity contribution in [1.29, 1.82) is 0 Å². The number of esters is 1. The Bertz CT molecular complexity index is 942. The molecule has 28 heavy (non-hydrogen) atoms. The van der Waals surface area contributed by atoms with Crippen LogP contribution in [-0.4, -0.2) is 35.7 Å². The number of ether oxygens (including phenoxy) is 2. The maximum atomic E-state index is 12.3. The van der Waals surface area contributed by atoms with Gasteiger partial charge in [-0.05, 0) is 41.6 Å². The molecule has 1 heterocycles. The van der Waals surface area contributed by atoms with E-state index in [4.69, 9.17) is 16.3 Å². The van der Waals surface area contributed by atoms with Gasteiger partial charge in [0.15, 0.2) is 0 Å². The predicted octanol–water partition coefficient (Wildman–Crippen LogP) is 4.13. The Morgan fingerprint density at radius 3 is 2.54 bits per heavy atom. The van der Waals surface area contributed by atoms with Crippen molar-refractivity contribution in [3.63, 3.8) is 0 Å². The van der Waals surface area contributed by atoms with Gasteiger partial charge in [-0.2, -0.15) is 0 Å². The fraction of sp³-hybridized carbons (Fsp3) is 0.150. The number of hydrogen-bond acceptors (Lipinski definition) is 6. The quantitative estimate of drug-likeness (QED) is 0.519. The van der Waals surface area contributed by atoms with Gasteiger partial charge in [0, 0.05) is 10.6 Å². The van der Waals surface area contributed by atoms with Crippen LogP contribution in [0.4, 0.5) is 4.79 Å². The number of amides is 2. The summed E-state index contributed by atoms with van der Waals surface area (Å²) in [6.45, 7) is -0.0568. The molecule has 0 spiro atoms. The van der Waals surface area contributed by atoms with E-state index >= 15 is 0 Å². The first kappa shape index (κ1) is 20.0. The lowest BCUT2D eigenvalue weighted by Gasteiger charge is -2.09. The molecule has 0 unspecified atom stereocenters. The number of thioether (sulfide) groups is 1. The predicted molar refractivity (Wildman–Crippen MR) is 107 cm³/mol. The van der Waals surface area contributed by atoms with Gasteiger partial charge in [-0.15, -0.1) is 0 Å². The summed E-state index contributed by atoms with van der Waals surface area (Å²) in [6, 6.07) is 14.5. The molecule has 1 aliphatic rings. The van der Waals surface area contributed by atoms with Crippen molar-refractivity contribution in [2.75, 3.05) is 13.7 Å². The molecule has 0 atom stereocenters. The Morgan fingerprint density at radius 1 is 1.14 bits per heavy atom. The number of carbonyl (C=O) groups excluding carboxylic acids is 3. The molecule has 0 bridgehead atoms. The highest BCUT2D eigenvalue weighted by Crippen LogP contribution is 2.32. The first-order chi connectivity index (χ1) is 13.5. The van der Waals surface area contributed by atoms with Gasteiger partial charge in [0.05, 0.1) is 12.0 Å². The highest BCUT2D eigenvalue weighted by atomic mass is 35.5. The number of halogens is 1. The summed E-state index contributed by atoms with van der Waals surface area (Å²) >= 11 is 6.89. The Morgan fingerprint density at radius 2 is 1.86 bits per heavy atom. The van der Waals surface area contributed by atoms with Crippen LogP contribution in [0.3, 0.4) is 0 Å². The first-order valence-corrected chi connectivity index (χ1v) is 9.46. The summed E-state index contributed by atoms with van der Waals surface area (Å²) in [6.07, 6.45) is 1.60. The number of rotatable bonds is 6. The van der Waals surface area contributed by atoms with Gasteiger partial charge in [0.1, 0.15) is 18.9 Å². The second-order valence-corrected chi connectivity index (χ2v) is 7.19. The highest BCUT2D eigenvalue weighted by Gasteiger charge is 2.36. The molecule has 2 aromatic rings. The summed E-state index contributed by atoms with van der Waals surface area (Å²) in [5.74, 6) is -0.515. The Labute approximate surface area is 171 Å². The second kappa shape index (κ2) is 8.95. The topological polar surface area (TPSA) is 72.9 Å². The van der Waals surface area contributed by atoms with Crippen LogP contribution in [0, 0.1) is 0 Å². The molecular formula is C20H16ClNO5S. The van der Waals surface area contributed by atoms with Gasteiger partial charge >= 0.3 is 5.97 Å². The van der Waals surface area contributed by atoms with Crippen LogP contribution in [0.2, 0.25) is 5.02 Å². The number of benzene rings is 2. The van der Waals surface area contributed by atoms with Crippen LogP contribution in [0.1, 0.15) is 11.1 Å². The summed E-state index contributed by atoms with van der Waals surface area (Å²) < 4.78 is 10.2. The van der Waals surface area contributed by atoms with Crippen LogP contribution in [0.15, 0.2) is 53.4 Å². The molecule has 2 amide bonds. The molecule has 1 aliphatic heterocycles. The summed E-state index contributed by atoms with van der Waals surface area (Å²) in [4.78, 5) is 36.7. The molecule has 1 fully saturated rings. The van der Waals surface area contributed by atoms with E-state index in [1.165, 1.54) is 7.11 Å². The Kier molecular flexibility index (Phi) is 6.38. The van der Waals surface area contributed by atoms with Crippen molar-refractivity contribution in [3.8, 4) is 5.75 Å². The number of hydrogen-bond donors (Lipinski definition) is 0. The molecule has 0 radical (unpaired) electrons. The van der Waals surface area contributed by atoms with Crippen molar-refractivity contribution in [3.05, 3.63) is 69.6 Å². The van der Waals surface area contributed by atoms with E-state index in [2.05, 4.69) is 4.74 Å². The van der Waals surface area contributed by atoms with Gasteiger partial charge in [-0.25, -0.2) is 0 Å². The molecule has 0 N–H and O–H groups in total. The van der Waals surface area contributed by atoms with Gasteiger partial charge in [-0.3, -0.25) is 19.3 Å². The summed E-state index contributed by atoms with van der Waals surface area (Å²) in [7, 11) is 1.20. The van der Waals surface area contributed by atoms with Crippen LogP contribution in [0.5, 0.6) is 5.75 Å². The standard InChI is InChI=1S/C20H16ClNO5S/c1-26-18(23)11-22-19(24)17(28-20(22)25)10-13-6-8-15(9-7-13)27-12-14-4-2-3-5-16(14)21/h2-10H,11-12H2,1H3/b17-10-. The lowest BCUT2D eigenvalue weighted by Crippen LogP contribution is -2.34. The highest BCUT2D eigenvalue weighted by molar-refractivity contribution is 8.18. The zero-order valence-electron chi connectivity index (χ0n) is 14.9. The maximum absolute atomic E-state index is 12.3. The fourth-order valence-corrected chi connectivity index (χ4v) is 3.45. The van der Waals surface area contributed by atoms with Crippen LogP contribution >= 0.6 is 23.4 Å². The molecule has 1 saturated heterocycles. The van der Waals surface area contributed by atoms with Gasteiger partial charge in [-0.1, -0.05) is 41.9 Å². The van der Waals surface area contributed by atoms with Crippen LogP contribution in [0.25, 0.3) is 6.08 Å². The van der Waals surface area contributed by atoms with Crippen LogP contribution < -0.4 is 4.74 Å². The SMILES string of the molecule is COC(=O)CN1C(=O)S/C(=C\c2ccc(OCc3ccccc3Cl)cc2)C1=O. The van der Waals surface area contributed by atoms with E-state index in [0.717, 1.165) is 27.8 Å². The minimum absolute atomic E-state index is 0.249. The molecule has 3 rings (SSSR count). The molecule has 8 heteroatoms. The molecular weight excluding hydrogens is 402 g/mol. The molecule has 6 nitrogen and oxygen atoms in total.